The normalized spacial score (nSPS) is 11.4. The summed E-state index contributed by atoms with van der Waals surface area (Å²) in [6.07, 6.45) is -2.97. The number of benzene rings is 2. The number of amides is 1. The van der Waals surface area contributed by atoms with Crippen molar-refractivity contribution < 1.29 is 27.6 Å². The Morgan fingerprint density at radius 2 is 1.89 bits per heavy atom. The minimum atomic E-state index is -4.42. The van der Waals surface area contributed by atoms with Crippen LogP contribution in [-0.4, -0.2) is 29.0 Å². The van der Waals surface area contributed by atoms with Crippen molar-refractivity contribution in [1.29, 1.82) is 0 Å². The Balaban J connectivity index is 1.57. The monoisotopic (exact) mass is 393 g/mol. The number of aromatic nitrogens is 1. The van der Waals surface area contributed by atoms with Crippen molar-refractivity contribution in [3.63, 3.8) is 0 Å². The molecule has 1 heterocycles. The lowest BCUT2D eigenvalue weighted by Crippen LogP contribution is -2.27. The Hall–Kier alpha value is -3.56. The predicted molar refractivity (Wildman–Crippen MR) is 94.2 cm³/mol. The van der Waals surface area contributed by atoms with Gasteiger partial charge in [0.15, 0.2) is 0 Å². The minimum absolute atomic E-state index is 0.0413. The van der Waals surface area contributed by atoms with Gasteiger partial charge in [-0.25, -0.2) is 0 Å². The molecule has 0 aliphatic carbocycles. The Morgan fingerprint density at radius 3 is 2.54 bits per heavy atom. The first kappa shape index (κ1) is 19.2. The van der Waals surface area contributed by atoms with Gasteiger partial charge in [-0.1, -0.05) is 0 Å². The number of H-pyrrole nitrogens is 1. The summed E-state index contributed by atoms with van der Waals surface area (Å²) in [5.74, 6) is -0.215. The standard InChI is InChI=1S/C18H14F3N3O4/c19-18(20,21)11-1-4-13(5-2-11)28-8-7-22-17(25)15-10-23-16-6-3-12(24(26)27)9-14(15)16/h1-6,9-10,23H,7-8H2,(H,22,25). The summed E-state index contributed by atoms with van der Waals surface area (Å²) >= 11 is 0. The van der Waals surface area contributed by atoms with Crippen LogP contribution in [-0.2, 0) is 6.18 Å². The third kappa shape index (κ3) is 4.22. The van der Waals surface area contributed by atoms with Crippen LogP contribution in [0.5, 0.6) is 5.75 Å². The average molecular weight is 393 g/mol. The molecule has 10 heteroatoms. The molecule has 2 N–H and O–H groups in total. The molecule has 0 spiro atoms. The number of nitrogens with zero attached hydrogens (tertiary/aromatic N) is 1. The summed E-state index contributed by atoms with van der Waals surface area (Å²) in [6, 6.07) is 8.36. The molecule has 0 saturated heterocycles. The van der Waals surface area contributed by atoms with Crippen molar-refractivity contribution in [1.82, 2.24) is 10.3 Å². The van der Waals surface area contributed by atoms with Crippen molar-refractivity contribution >= 4 is 22.5 Å². The van der Waals surface area contributed by atoms with Crippen LogP contribution < -0.4 is 10.1 Å². The van der Waals surface area contributed by atoms with Crippen LogP contribution in [0.2, 0.25) is 0 Å². The van der Waals surface area contributed by atoms with E-state index in [2.05, 4.69) is 10.3 Å². The van der Waals surface area contributed by atoms with Crippen LogP contribution in [0.25, 0.3) is 10.9 Å². The maximum Gasteiger partial charge on any atom is 0.416 e. The lowest BCUT2D eigenvalue weighted by atomic mass is 10.1. The van der Waals surface area contributed by atoms with Crippen LogP contribution in [0.4, 0.5) is 18.9 Å². The molecule has 3 aromatic rings. The van der Waals surface area contributed by atoms with Gasteiger partial charge in [0.2, 0.25) is 0 Å². The molecule has 0 aliphatic heterocycles. The Kier molecular flexibility index (Phi) is 5.21. The molecule has 0 bridgehead atoms. The number of nitro groups is 1. The van der Waals surface area contributed by atoms with E-state index in [1.165, 1.54) is 36.5 Å². The number of alkyl halides is 3. The maximum atomic E-state index is 12.5. The van der Waals surface area contributed by atoms with Gasteiger partial charge in [0, 0.05) is 29.2 Å². The van der Waals surface area contributed by atoms with Gasteiger partial charge in [-0.15, -0.1) is 0 Å². The number of halogens is 3. The summed E-state index contributed by atoms with van der Waals surface area (Å²) in [6.45, 7) is 0.140. The molecule has 0 radical (unpaired) electrons. The van der Waals surface area contributed by atoms with Gasteiger partial charge in [0.25, 0.3) is 11.6 Å². The number of hydrogen-bond acceptors (Lipinski definition) is 4. The first-order chi connectivity index (χ1) is 13.3. The van der Waals surface area contributed by atoms with Crippen molar-refractivity contribution in [2.24, 2.45) is 0 Å². The number of carbonyl (C=O) groups is 1. The molecule has 3 rings (SSSR count). The smallest absolute Gasteiger partial charge is 0.416 e. The van der Waals surface area contributed by atoms with Gasteiger partial charge in [0.05, 0.1) is 22.6 Å². The second-order valence-corrected chi connectivity index (χ2v) is 5.82. The maximum absolute atomic E-state index is 12.5. The lowest BCUT2D eigenvalue weighted by molar-refractivity contribution is -0.384. The summed E-state index contributed by atoms with van der Waals surface area (Å²) in [5, 5.41) is 13.9. The highest BCUT2D eigenvalue weighted by Crippen LogP contribution is 2.30. The van der Waals surface area contributed by atoms with E-state index in [1.54, 1.807) is 0 Å². The van der Waals surface area contributed by atoms with Gasteiger partial charge in [0.1, 0.15) is 12.4 Å². The molecular formula is C18H14F3N3O4. The molecule has 0 fully saturated rings. The van der Waals surface area contributed by atoms with Crippen molar-refractivity contribution in [3.8, 4) is 5.75 Å². The highest BCUT2D eigenvalue weighted by atomic mass is 19.4. The van der Waals surface area contributed by atoms with E-state index in [0.29, 0.717) is 10.9 Å². The molecule has 0 atom stereocenters. The number of ether oxygens (including phenoxy) is 1. The molecule has 1 aromatic heterocycles. The van der Waals surface area contributed by atoms with E-state index in [4.69, 9.17) is 4.74 Å². The van der Waals surface area contributed by atoms with Crippen molar-refractivity contribution in [2.45, 2.75) is 6.18 Å². The Morgan fingerprint density at radius 1 is 1.18 bits per heavy atom. The molecule has 2 aromatic carbocycles. The zero-order valence-electron chi connectivity index (χ0n) is 14.2. The molecule has 7 nitrogen and oxygen atoms in total. The van der Waals surface area contributed by atoms with Gasteiger partial charge >= 0.3 is 6.18 Å². The quantitative estimate of drug-likeness (QED) is 0.377. The predicted octanol–water partition coefficient (Wildman–Crippen LogP) is 3.90. The van der Waals surface area contributed by atoms with E-state index >= 15 is 0 Å². The highest BCUT2D eigenvalue weighted by Gasteiger charge is 2.30. The van der Waals surface area contributed by atoms with Crippen molar-refractivity contribution in [2.75, 3.05) is 13.2 Å². The first-order valence-electron chi connectivity index (χ1n) is 8.09. The third-order valence-electron chi connectivity index (χ3n) is 3.96. The molecule has 28 heavy (non-hydrogen) atoms. The van der Waals surface area contributed by atoms with Gasteiger partial charge in [-0.2, -0.15) is 13.2 Å². The second kappa shape index (κ2) is 7.59. The number of nitrogens with one attached hydrogen (secondary N) is 2. The van der Waals surface area contributed by atoms with E-state index in [9.17, 15) is 28.1 Å². The van der Waals surface area contributed by atoms with Gasteiger partial charge in [-0.05, 0) is 30.3 Å². The molecule has 0 unspecified atom stereocenters. The van der Waals surface area contributed by atoms with E-state index < -0.39 is 22.6 Å². The molecule has 0 saturated carbocycles. The van der Waals surface area contributed by atoms with Crippen molar-refractivity contribution in [3.05, 3.63) is 69.9 Å². The van der Waals surface area contributed by atoms with E-state index in [-0.39, 0.29) is 30.2 Å². The van der Waals surface area contributed by atoms with Gasteiger partial charge in [-0.3, -0.25) is 14.9 Å². The Bertz CT molecular complexity index is 1010. The molecule has 146 valence electrons. The van der Waals surface area contributed by atoms with Crippen LogP contribution in [0.15, 0.2) is 48.7 Å². The zero-order chi connectivity index (χ0) is 20.3. The molecule has 1 amide bonds. The van der Waals surface area contributed by atoms with E-state index in [0.717, 1.165) is 12.1 Å². The largest absolute Gasteiger partial charge is 0.492 e. The second-order valence-electron chi connectivity index (χ2n) is 5.82. The number of rotatable bonds is 6. The van der Waals surface area contributed by atoms with Crippen LogP contribution >= 0.6 is 0 Å². The number of nitro benzene ring substituents is 1. The van der Waals surface area contributed by atoms with Crippen LogP contribution in [0.3, 0.4) is 0 Å². The average Bonchev–Trinajstić information content (AvgIpc) is 3.08. The topological polar surface area (TPSA) is 97.3 Å². The Labute approximate surface area is 156 Å². The van der Waals surface area contributed by atoms with E-state index in [1.807, 2.05) is 0 Å². The summed E-state index contributed by atoms with van der Waals surface area (Å²) < 4.78 is 42.8. The zero-order valence-corrected chi connectivity index (χ0v) is 14.2. The fraction of sp³-hybridized carbons (Fsp3) is 0.167. The van der Waals surface area contributed by atoms with Gasteiger partial charge < -0.3 is 15.0 Å². The number of fused-ring (bicyclic) bond motifs is 1. The summed E-state index contributed by atoms with van der Waals surface area (Å²) in [7, 11) is 0. The van der Waals surface area contributed by atoms with Crippen LogP contribution in [0, 0.1) is 10.1 Å². The fourth-order valence-corrected chi connectivity index (χ4v) is 2.58. The first-order valence-corrected chi connectivity index (χ1v) is 8.09. The SMILES string of the molecule is O=C(NCCOc1ccc(C(F)(F)F)cc1)c1c[nH]c2ccc([N+](=O)[O-])cc12. The number of aromatic amines is 1. The van der Waals surface area contributed by atoms with Crippen LogP contribution in [0.1, 0.15) is 15.9 Å². The summed E-state index contributed by atoms with van der Waals surface area (Å²) in [4.78, 5) is 25.5. The summed E-state index contributed by atoms with van der Waals surface area (Å²) in [5.41, 5.74) is -0.0849. The lowest BCUT2D eigenvalue weighted by Gasteiger charge is -2.09. The number of hydrogen-bond donors (Lipinski definition) is 2. The number of non-ortho nitro benzene ring substituents is 1. The highest BCUT2D eigenvalue weighted by molar-refractivity contribution is 6.07. The third-order valence-corrected chi connectivity index (χ3v) is 3.96. The number of carbonyl (C=O) groups excluding carboxylic acids is 1. The molecule has 0 aliphatic rings. The minimum Gasteiger partial charge on any atom is -0.492 e. The molecular weight excluding hydrogens is 379 g/mol. The fourth-order valence-electron chi connectivity index (χ4n) is 2.58.